The van der Waals surface area contributed by atoms with Crippen LogP contribution in [0.1, 0.15) is 13.3 Å². The van der Waals surface area contributed by atoms with Crippen LogP contribution < -0.4 is 11.1 Å². The Kier molecular flexibility index (Phi) is 4.42. The fourth-order valence-corrected chi connectivity index (χ4v) is 1.55. The summed E-state index contributed by atoms with van der Waals surface area (Å²) in [6.07, 6.45) is 4.11. The van der Waals surface area contributed by atoms with Crippen molar-refractivity contribution in [1.82, 2.24) is 4.98 Å². The molecule has 4 nitrogen and oxygen atoms in total. The predicted octanol–water partition coefficient (Wildman–Crippen LogP) is 1.48. The van der Waals surface area contributed by atoms with Crippen LogP contribution in [0.15, 0.2) is 23.2 Å². The lowest BCUT2D eigenvalue weighted by molar-refractivity contribution is -0.118. The maximum atomic E-state index is 10.7. The maximum absolute atomic E-state index is 10.7. The van der Waals surface area contributed by atoms with E-state index in [0.717, 1.165) is 10.7 Å². The van der Waals surface area contributed by atoms with E-state index in [1.807, 2.05) is 25.3 Å². The molecule has 1 aromatic heterocycles. The number of amides is 1. The first-order chi connectivity index (χ1) is 7.11. The molecule has 1 amide bonds. The molecule has 1 atom stereocenters. The Morgan fingerprint density at radius 2 is 2.40 bits per heavy atom. The van der Waals surface area contributed by atoms with Gasteiger partial charge in [-0.15, -0.1) is 11.8 Å². The van der Waals surface area contributed by atoms with Gasteiger partial charge in [0.25, 0.3) is 0 Å². The molecule has 3 N–H and O–H groups in total. The summed E-state index contributed by atoms with van der Waals surface area (Å²) in [7, 11) is 0. The van der Waals surface area contributed by atoms with Crippen molar-refractivity contribution in [2.75, 3.05) is 11.6 Å². The number of nitrogens with zero attached hydrogens (tertiary/aromatic N) is 1. The number of primary amides is 1. The van der Waals surface area contributed by atoms with Crippen LogP contribution in [0, 0.1) is 0 Å². The Hall–Kier alpha value is -1.23. The number of nitrogens with one attached hydrogen (secondary N) is 1. The first-order valence-electron chi connectivity index (χ1n) is 4.66. The van der Waals surface area contributed by atoms with E-state index in [1.54, 1.807) is 18.0 Å². The number of rotatable bonds is 5. The van der Waals surface area contributed by atoms with Gasteiger partial charge in [0, 0.05) is 23.6 Å². The highest BCUT2D eigenvalue weighted by atomic mass is 32.2. The van der Waals surface area contributed by atoms with E-state index in [0.29, 0.717) is 6.42 Å². The Balaban J connectivity index is 2.53. The molecule has 1 aromatic rings. The van der Waals surface area contributed by atoms with E-state index < -0.39 is 0 Å². The number of carbonyl (C=O) groups excluding carboxylic acids is 1. The number of anilines is 1. The molecule has 1 rings (SSSR count). The van der Waals surface area contributed by atoms with Crippen LogP contribution in [-0.2, 0) is 4.79 Å². The second-order valence-electron chi connectivity index (χ2n) is 3.30. The minimum Gasteiger partial charge on any atom is -0.370 e. The molecule has 0 saturated heterocycles. The van der Waals surface area contributed by atoms with Crippen LogP contribution in [0.5, 0.6) is 0 Å². The zero-order valence-electron chi connectivity index (χ0n) is 8.86. The van der Waals surface area contributed by atoms with Gasteiger partial charge in [-0.1, -0.05) is 0 Å². The van der Waals surface area contributed by atoms with Gasteiger partial charge in [0.2, 0.25) is 5.91 Å². The Labute approximate surface area is 93.7 Å². The molecule has 1 unspecified atom stereocenters. The summed E-state index contributed by atoms with van der Waals surface area (Å²) in [6.45, 7) is 1.90. The van der Waals surface area contributed by atoms with Gasteiger partial charge in [-0.2, -0.15) is 0 Å². The lowest BCUT2D eigenvalue weighted by Crippen LogP contribution is -2.24. The van der Waals surface area contributed by atoms with Gasteiger partial charge in [0.1, 0.15) is 5.82 Å². The molecule has 82 valence electrons. The highest BCUT2D eigenvalue weighted by molar-refractivity contribution is 7.98. The van der Waals surface area contributed by atoms with Crippen LogP contribution in [0.2, 0.25) is 0 Å². The third-order valence-electron chi connectivity index (χ3n) is 1.87. The fraction of sp³-hybridized carbons (Fsp3) is 0.400. The molecule has 5 heteroatoms. The van der Waals surface area contributed by atoms with E-state index >= 15 is 0 Å². The van der Waals surface area contributed by atoms with Crippen molar-refractivity contribution >= 4 is 23.5 Å². The summed E-state index contributed by atoms with van der Waals surface area (Å²) < 4.78 is 0. The molecule has 0 spiro atoms. The largest absolute Gasteiger partial charge is 0.370 e. The number of hydrogen-bond donors (Lipinski definition) is 2. The van der Waals surface area contributed by atoms with E-state index in [2.05, 4.69) is 10.3 Å². The molecular weight excluding hydrogens is 210 g/mol. The summed E-state index contributed by atoms with van der Waals surface area (Å²) in [6, 6.07) is 3.88. The minimum absolute atomic E-state index is 0.00938. The van der Waals surface area contributed by atoms with Gasteiger partial charge in [-0.25, -0.2) is 4.98 Å². The zero-order chi connectivity index (χ0) is 11.3. The molecule has 0 aliphatic carbocycles. The smallest absolute Gasteiger partial charge is 0.219 e. The lowest BCUT2D eigenvalue weighted by Gasteiger charge is -2.12. The van der Waals surface area contributed by atoms with Gasteiger partial charge in [0.05, 0.1) is 0 Å². The number of aromatic nitrogens is 1. The van der Waals surface area contributed by atoms with Gasteiger partial charge in [-0.05, 0) is 25.3 Å². The fourth-order valence-electron chi connectivity index (χ4n) is 1.19. The summed E-state index contributed by atoms with van der Waals surface area (Å²) in [5.74, 6) is 0.456. The second kappa shape index (κ2) is 5.60. The number of pyridine rings is 1. The molecule has 0 aromatic carbocycles. The highest BCUT2D eigenvalue weighted by Gasteiger charge is 2.05. The van der Waals surface area contributed by atoms with Crippen LogP contribution >= 0.6 is 11.8 Å². The van der Waals surface area contributed by atoms with Gasteiger partial charge in [0.15, 0.2) is 0 Å². The van der Waals surface area contributed by atoms with Crippen molar-refractivity contribution in [3.8, 4) is 0 Å². The number of carbonyl (C=O) groups is 1. The maximum Gasteiger partial charge on any atom is 0.219 e. The van der Waals surface area contributed by atoms with Gasteiger partial charge in [-0.3, -0.25) is 4.79 Å². The average molecular weight is 225 g/mol. The summed E-state index contributed by atoms with van der Waals surface area (Å²) >= 11 is 1.64. The predicted molar refractivity (Wildman–Crippen MR) is 62.9 cm³/mol. The Bertz CT molecular complexity index is 326. The summed E-state index contributed by atoms with van der Waals surface area (Å²) in [5, 5.41) is 3.10. The zero-order valence-corrected chi connectivity index (χ0v) is 9.67. The highest BCUT2D eigenvalue weighted by Crippen LogP contribution is 2.15. The average Bonchev–Trinajstić information content (AvgIpc) is 2.17. The molecule has 0 saturated carbocycles. The van der Waals surface area contributed by atoms with E-state index in [9.17, 15) is 4.79 Å². The second-order valence-corrected chi connectivity index (χ2v) is 4.18. The third kappa shape index (κ3) is 4.20. The van der Waals surface area contributed by atoms with Crippen molar-refractivity contribution in [3.63, 3.8) is 0 Å². The van der Waals surface area contributed by atoms with Crippen molar-refractivity contribution in [3.05, 3.63) is 18.3 Å². The van der Waals surface area contributed by atoms with Crippen molar-refractivity contribution in [2.45, 2.75) is 24.3 Å². The molecule has 0 aliphatic rings. The topological polar surface area (TPSA) is 68.0 Å². The van der Waals surface area contributed by atoms with Crippen molar-refractivity contribution < 1.29 is 4.79 Å². The van der Waals surface area contributed by atoms with E-state index in [4.69, 9.17) is 5.73 Å². The third-order valence-corrected chi connectivity index (χ3v) is 2.59. The van der Waals surface area contributed by atoms with Crippen molar-refractivity contribution in [1.29, 1.82) is 0 Å². The number of hydrogen-bond acceptors (Lipinski definition) is 4. The lowest BCUT2D eigenvalue weighted by atomic mass is 10.2. The first kappa shape index (κ1) is 11.8. The Morgan fingerprint density at radius 1 is 1.67 bits per heavy atom. The molecular formula is C10H15N3OS. The van der Waals surface area contributed by atoms with Crippen LogP contribution in [0.25, 0.3) is 0 Å². The summed E-state index contributed by atoms with van der Waals surface area (Å²) in [5.41, 5.74) is 5.09. The normalized spacial score (nSPS) is 12.1. The van der Waals surface area contributed by atoms with E-state index in [1.165, 1.54) is 0 Å². The first-order valence-corrected chi connectivity index (χ1v) is 5.89. The molecule has 1 heterocycles. The molecule has 0 radical (unpaired) electrons. The molecule has 0 fully saturated rings. The van der Waals surface area contributed by atoms with Crippen LogP contribution in [0.3, 0.4) is 0 Å². The SMILES string of the molecule is CSc1ccc(NC(C)CC(N)=O)nc1. The van der Waals surface area contributed by atoms with Gasteiger partial charge < -0.3 is 11.1 Å². The Morgan fingerprint density at radius 3 is 2.87 bits per heavy atom. The monoisotopic (exact) mass is 225 g/mol. The van der Waals surface area contributed by atoms with Crippen LogP contribution in [-0.4, -0.2) is 23.2 Å². The van der Waals surface area contributed by atoms with Gasteiger partial charge >= 0.3 is 0 Å². The summed E-state index contributed by atoms with van der Waals surface area (Å²) in [4.78, 5) is 16.0. The molecule has 15 heavy (non-hydrogen) atoms. The minimum atomic E-state index is -0.310. The number of nitrogens with two attached hydrogens (primary N) is 1. The quantitative estimate of drug-likeness (QED) is 0.745. The van der Waals surface area contributed by atoms with E-state index in [-0.39, 0.29) is 11.9 Å². The van der Waals surface area contributed by atoms with Crippen LogP contribution in [0.4, 0.5) is 5.82 Å². The van der Waals surface area contributed by atoms with Crippen molar-refractivity contribution in [2.24, 2.45) is 5.73 Å². The number of thioether (sulfide) groups is 1. The molecule has 0 bridgehead atoms. The standard InChI is InChI=1S/C10H15N3OS/c1-7(5-9(11)14)13-10-4-3-8(15-2)6-12-10/h3-4,6-7H,5H2,1-2H3,(H2,11,14)(H,12,13). The molecule has 0 aliphatic heterocycles.